The van der Waals surface area contributed by atoms with Crippen LogP contribution < -0.4 is 10.9 Å². The molecule has 8 heteroatoms. The number of aromatic nitrogens is 4. The molecule has 8 nitrogen and oxygen atoms in total. The van der Waals surface area contributed by atoms with Crippen LogP contribution in [0.4, 0.5) is 0 Å². The molecule has 3 rings (SSSR count). The van der Waals surface area contributed by atoms with Crippen LogP contribution in [0.3, 0.4) is 0 Å². The predicted octanol–water partition coefficient (Wildman–Crippen LogP) is 2.49. The summed E-state index contributed by atoms with van der Waals surface area (Å²) >= 11 is 0. The number of carbonyl (C=O) groups is 1. The van der Waals surface area contributed by atoms with E-state index in [1.807, 2.05) is 45.9 Å². The third kappa shape index (κ3) is 4.33. The number of amides is 1. The molecule has 146 valence electrons. The van der Waals surface area contributed by atoms with Crippen molar-refractivity contribution in [1.82, 2.24) is 25.2 Å². The SMILES string of the molecule is CCC(C)NC(=O)c1nc(Cn2nc(-c3ccc(C)c(C)c3)ccc2=O)no1. The van der Waals surface area contributed by atoms with Crippen LogP contribution in [0.25, 0.3) is 11.3 Å². The molecule has 0 saturated heterocycles. The van der Waals surface area contributed by atoms with Crippen LogP contribution in [0, 0.1) is 13.8 Å². The van der Waals surface area contributed by atoms with Gasteiger partial charge in [0, 0.05) is 17.7 Å². The van der Waals surface area contributed by atoms with Crippen LogP contribution in [-0.2, 0) is 6.54 Å². The highest BCUT2D eigenvalue weighted by Crippen LogP contribution is 2.19. The first-order chi connectivity index (χ1) is 13.4. The number of hydrogen-bond donors (Lipinski definition) is 1. The summed E-state index contributed by atoms with van der Waals surface area (Å²) in [5, 5.41) is 11.0. The maximum absolute atomic E-state index is 12.2. The van der Waals surface area contributed by atoms with Crippen molar-refractivity contribution in [2.24, 2.45) is 0 Å². The molecule has 0 fully saturated rings. The lowest BCUT2D eigenvalue weighted by molar-refractivity contribution is 0.0895. The molecule has 0 aliphatic heterocycles. The zero-order chi connectivity index (χ0) is 20.3. The van der Waals surface area contributed by atoms with E-state index in [2.05, 4.69) is 20.6 Å². The summed E-state index contributed by atoms with van der Waals surface area (Å²) in [5.41, 5.74) is 3.63. The molecule has 2 aromatic heterocycles. The average Bonchev–Trinajstić information content (AvgIpc) is 3.14. The molecule has 0 aliphatic rings. The Bertz CT molecular complexity index is 1050. The molecule has 0 aliphatic carbocycles. The Kier molecular flexibility index (Phi) is 5.67. The third-order valence-electron chi connectivity index (χ3n) is 4.61. The molecule has 0 bridgehead atoms. The number of rotatable bonds is 6. The van der Waals surface area contributed by atoms with E-state index in [0.29, 0.717) is 5.69 Å². The Labute approximate surface area is 162 Å². The maximum atomic E-state index is 12.2. The highest BCUT2D eigenvalue weighted by Gasteiger charge is 2.17. The van der Waals surface area contributed by atoms with Crippen LogP contribution in [0.2, 0.25) is 0 Å². The summed E-state index contributed by atoms with van der Waals surface area (Å²) in [7, 11) is 0. The minimum absolute atomic E-state index is 0.00165. The molecule has 0 spiro atoms. The molecule has 1 amide bonds. The molecular formula is C20H23N5O3. The number of hydrogen-bond acceptors (Lipinski definition) is 6. The van der Waals surface area contributed by atoms with Crippen LogP contribution in [-0.4, -0.2) is 31.9 Å². The monoisotopic (exact) mass is 381 g/mol. The van der Waals surface area contributed by atoms with Crippen LogP contribution in [0.15, 0.2) is 39.6 Å². The van der Waals surface area contributed by atoms with Crippen molar-refractivity contribution in [2.45, 2.75) is 46.7 Å². The van der Waals surface area contributed by atoms with Gasteiger partial charge in [0.25, 0.3) is 5.56 Å². The summed E-state index contributed by atoms with van der Waals surface area (Å²) in [6.07, 6.45) is 0.789. The van der Waals surface area contributed by atoms with Gasteiger partial charge in [0.15, 0.2) is 5.82 Å². The molecule has 0 radical (unpaired) electrons. The van der Waals surface area contributed by atoms with Gasteiger partial charge in [-0.1, -0.05) is 24.2 Å². The number of nitrogens with one attached hydrogen (secondary N) is 1. The van der Waals surface area contributed by atoms with Crippen molar-refractivity contribution in [3.8, 4) is 11.3 Å². The highest BCUT2D eigenvalue weighted by molar-refractivity contribution is 5.89. The van der Waals surface area contributed by atoms with E-state index in [9.17, 15) is 9.59 Å². The molecule has 0 saturated carbocycles. The quantitative estimate of drug-likeness (QED) is 0.704. The molecule has 1 N–H and O–H groups in total. The van der Waals surface area contributed by atoms with Crippen molar-refractivity contribution < 1.29 is 9.32 Å². The van der Waals surface area contributed by atoms with E-state index in [1.54, 1.807) is 6.07 Å². The second-order valence-corrected chi connectivity index (χ2v) is 6.81. The Morgan fingerprint density at radius 2 is 2.00 bits per heavy atom. The second kappa shape index (κ2) is 8.16. The Morgan fingerprint density at radius 3 is 2.71 bits per heavy atom. The van der Waals surface area contributed by atoms with E-state index in [4.69, 9.17) is 4.52 Å². The first-order valence-corrected chi connectivity index (χ1v) is 9.16. The van der Waals surface area contributed by atoms with Gasteiger partial charge in [0.2, 0.25) is 0 Å². The lowest BCUT2D eigenvalue weighted by Gasteiger charge is -2.08. The van der Waals surface area contributed by atoms with E-state index in [0.717, 1.165) is 17.5 Å². The Morgan fingerprint density at radius 1 is 1.21 bits per heavy atom. The van der Waals surface area contributed by atoms with E-state index >= 15 is 0 Å². The summed E-state index contributed by atoms with van der Waals surface area (Å²) in [5.74, 6) is -0.355. The van der Waals surface area contributed by atoms with Crippen molar-refractivity contribution >= 4 is 5.91 Å². The molecule has 28 heavy (non-hydrogen) atoms. The number of benzene rings is 1. The lowest BCUT2D eigenvalue weighted by atomic mass is 10.0. The Hall–Kier alpha value is -3.29. The summed E-state index contributed by atoms with van der Waals surface area (Å²) in [6, 6.07) is 9.15. The zero-order valence-corrected chi connectivity index (χ0v) is 16.4. The minimum atomic E-state index is -0.433. The van der Waals surface area contributed by atoms with E-state index in [1.165, 1.54) is 16.3 Å². The summed E-state index contributed by atoms with van der Waals surface area (Å²) in [6.45, 7) is 7.93. The molecule has 3 aromatic rings. The summed E-state index contributed by atoms with van der Waals surface area (Å²) in [4.78, 5) is 28.3. The fourth-order valence-electron chi connectivity index (χ4n) is 2.55. The zero-order valence-electron chi connectivity index (χ0n) is 16.4. The minimum Gasteiger partial charge on any atom is -0.345 e. The molecule has 1 atom stereocenters. The average molecular weight is 381 g/mol. The largest absolute Gasteiger partial charge is 0.345 e. The highest BCUT2D eigenvalue weighted by atomic mass is 16.5. The fourth-order valence-corrected chi connectivity index (χ4v) is 2.55. The number of aryl methyl sites for hydroxylation is 2. The van der Waals surface area contributed by atoms with Gasteiger partial charge in [0.1, 0.15) is 6.54 Å². The van der Waals surface area contributed by atoms with E-state index < -0.39 is 5.91 Å². The molecule has 2 heterocycles. The normalized spacial score (nSPS) is 12.0. The standard InChI is InChI=1S/C20H23N5O3/c1-5-14(4)21-19(27)20-22-17(24-28-20)11-25-18(26)9-8-16(23-25)15-7-6-12(2)13(3)10-15/h6-10,14H,5,11H2,1-4H3,(H,21,27). The van der Waals surface area contributed by atoms with Crippen molar-refractivity contribution in [2.75, 3.05) is 0 Å². The third-order valence-corrected chi connectivity index (χ3v) is 4.61. The lowest BCUT2D eigenvalue weighted by Crippen LogP contribution is -2.32. The van der Waals surface area contributed by atoms with Crippen molar-refractivity contribution in [3.63, 3.8) is 0 Å². The fraction of sp³-hybridized carbons (Fsp3) is 0.350. The first kappa shape index (κ1) is 19.5. The van der Waals surface area contributed by atoms with Gasteiger partial charge >= 0.3 is 11.8 Å². The smallest absolute Gasteiger partial charge is 0.316 e. The van der Waals surface area contributed by atoms with Crippen molar-refractivity contribution in [3.05, 3.63) is 63.5 Å². The first-order valence-electron chi connectivity index (χ1n) is 9.16. The van der Waals surface area contributed by atoms with Crippen LogP contribution >= 0.6 is 0 Å². The second-order valence-electron chi connectivity index (χ2n) is 6.81. The maximum Gasteiger partial charge on any atom is 0.316 e. The van der Waals surface area contributed by atoms with Crippen molar-refractivity contribution in [1.29, 1.82) is 0 Å². The van der Waals surface area contributed by atoms with Gasteiger partial charge in [-0.3, -0.25) is 9.59 Å². The predicted molar refractivity (Wildman–Crippen MR) is 104 cm³/mol. The molecule has 1 unspecified atom stereocenters. The topological polar surface area (TPSA) is 103 Å². The van der Waals surface area contributed by atoms with Crippen LogP contribution in [0.5, 0.6) is 0 Å². The van der Waals surface area contributed by atoms with Crippen LogP contribution in [0.1, 0.15) is 47.9 Å². The Balaban J connectivity index is 1.82. The van der Waals surface area contributed by atoms with Gasteiger partial charge in [-0.2, -0.15) is 10.1 Å². The van der Waals surface area contributed by atoms with Gasteiger partial charge < -0.3 is 9.84 Å². The van der Waals surface area contributed by atoms with Gasteiger partial charge in [-0.15, -0.1) is 0 Å². The number of carbonyl (C=O) groups excluding carboxylic acids is 1. The van der Waals surface area contributed by atoms with Gasteiger partial charge in [0.05, 0.1) is 5.69 Å². The van der Waals surface area contributed by atoms with Gasteiger partial charge in [-0.25, -0.2) is 4.68 Å². The summed E-state index contributed by atoms with van der Waals surface area (Å²) < 4.78 is 6.27. The van der Waals surface area contributed by atoms with E-state index in [-0.39, 0.29) is 29.9 Å². The van der Waals surface area contributed by atoms with Gasteiger partial charge in [-0.05, 0) is 50.5 Å². The molecular weight excluding hydrogens is 358 g/mol. The molecule has 1 aromatic carbocycles. The number of nitrogens with zero attached hydrogens (tertiary/aromatic N) is 4.